The SMILES string of the molecule is CCCC[Si](C)(C1=C(C)C(C)=CC1)c1c(C)cc(C)cc1C. The highest BCUT2D eigenvalue weighted by Gasteiger charge is 2.37. The lowest BCUT2D eigenvalue weighted by Gasteiger charge is -2.34. The van der Waals surface area contributed by atoms with Gasteiger partial charge in [0.1, 0.15) is 8.07 Å². The minimum Gasteiger partial charge on any atom is -0.0776 e. The molecule has 2 rings (SSSR count). The van der Waals surface area contributed by atoms with E-state index in [1.54, 1.807) is 16.0 Å². The molecule has 0 fully saturated rings. The molecular weight excluding hydrogens is 280 g/mol. The van der Waals surface area contributed by atoms with Crippen LogP contribution in [0.15, 0.2) is 34.6 Å². The van der Waals surface area contributed by atoms with Gasteiger partial charge >= 0.3 is 0 Å². The maximum atomic E-state index is 2.62. The Balaban J connectivity index is 2.62. The molecule has 0 bridgehead atoms. The summed E-state index contributed by atoms with van der Waals surface area (Å²) in [7, 11) is -1.60. The van der Waals surface area contributed by atoms with Crippen LogP contribution in [0.1, 0.15) is 56.7 Å². The van der Waals surface area contributed by atoms with Crippen molar-refractivity contribution < 1.29 is 0 Å². The van der Waals surface area contributed by atoms with Crippen LogP contribution in [0.5, 0.6) is 0 Å². The first-order valence-corrected chi connectivity index (χ1v) is 11.5. The van der Waals surface area contributed by atoms with Gasteiger partial charge in [-0.3, -0.25) is 0 Å². The summed E-state index contributed by atoms with van der Waals surface area (Å²) < 4.78 is 0. The van der Waals surface area contributed by atoms with Crippen LogP contribution in [0, 0.1) is 20.8 Å². The van der Waals surface area contributed by atoms with Gasteiger partial charge in [-0.1, -0.05) is 77.6 Å². The standard InChI is InChI=1S/C21H32Si/c1-8-9-12-22(7,20-11-10-16(3)19(20)6)21-17(4)13-15(2)14-18(21)5/h10,13-14H,8-9,11-12H2,1-7H3. The first-order chi connectivity index (χ1) is 10.3. The minimum absolute atomic E-state index is 1.19. The lowest BCUT2D eigenvalue weighted by Crippen LogP contribution is -2.49. The Kier molecular flexibility index (Phi) is 5.16. The van der Waals surface area contributed by atoms with Gasteiger partial charge in [0.05, 0.1) is 0 Å². The number of aryl methyl sites for hydroxylation is 3. The van der Waals surface area contributed by atoms with Crippen LogP contribution < -0.4 is 5.19 Å². The molecule has 1 aliphatic carbocycles. The third kappa shape index (κ3) is 3.01. The van der Waals surface area contributed by atoms with Crippen molar-refractivity contribution in [3.05, 3.63) is 51.2 Å². The average molecular weight is 313 g/mol. The molecule has 0 radical (unpaired) electrons. The van der Waals surface area contributed by atoms with E-state index in [0.717, 1.165) is 0 Å². The lowest BCUT2D eigenvalue weighted by molar-refractivity contribution is 0.869. The monoisotopic (exact) mass is 312 g/mol. The summed E-state index contributed by atoms with van der Waals surface area (Å²) in [5.74, 6) is 0. The Morgan fingerprint density at radius 3 is 2.05 bits per heavy atom. The summed E-state index contributed by atoms with van der Waals surface area (Å²) in [6.45, 7) is 16.5. The third-order valence-corrected chi connectivity index (χ3v) is 10.7. The quantitative estimate of drug-likeness (QED) is 0.593. The fourth-order valence-corrected chi connectivity index (χ4v) is 9.82. The lowest BCUT2D eigenvalue weighted by atomic mass is 10.1. The molecule has 0 spiro atoms. The zero-order valence-corrected chi connectivity index (χ0v) is 16.6. The highest BCUT2D eigenvalue weighted by molar-refractivity contribution is 6.97. The molecule has 0 heterocycles. The zero-order chi connectivity index (χ0) is 16.5. The molecule has 1 heteroatoms. The molecule has 0 aromatic heterocycles. The van der Waals surface area contributed by atoms with E-state index in [0.29, 0.717) is 0 Å². The molecule has 0 aliphatic heterocycles. The van der Waals surface area contributed by atoms with Gasteiger partial charge < -0.3 is 0 Å². The molecule has 0 nitrogen and oxygen atoms in total. The maximum absolute atomic E-state index is 2.62. The fourth-order valence-electron chi connectivity index (χ4n) is 4.45. The first-order valence-electron chi connectivity index (χ1n) is 8.77. The van der Waals surface area contributed by atoms with Gasteiger partial charge in [0.25, 0.3) is 0 Å². The molecule has 1 aromatic rings. The first kappa shape index (κ1) is 17.3. The molecule has 0 amide bonds. The van der Waals surface area contributed by atoms with E-state index in [2.05, 4.69) is 66.3 Å². The topological polar surface area (TPSA) is 0 Å². The number of rotatable bonds is 5. The molecule has 0 saturated heterocycles. The summed E-state index contributed by atoms with van der Waals surface area (Å²) in [4.78, 5) is 0. The van der Waals surface area contributed by atoms with E-state index >= 15 is 0 Å². The van der Waals surface area contributed by atoms with Gasteiger partial charge in [-0.05, 0) is 52.3 Å². The maximum Gasteiger partial charge on any atom is 0.112 e. The van der Waals surface area contributed by atoms with E-state index < -0.39 is 8.07 Å². The molecule has 0 saturated carbocycles. The molecule has 1 unspecified atom stereocenters. The van der Waals surface area contributed by atoms with Crippen molar-refractivity contribution >= 4 is 13.3 Å². The van der Waals surface area contributed by atoms with E-state index in [4.69, 9.17) is 0 Å². The van der Waals surface area contributed by atoms with Gasteiger partial charge in [-0.25, -0.2) is 0 Å². The van der Waals surface area contributed by atoms with Crippen LogP contribution in [0.25, 0.3) is 0 Å². The second-order valence-electron chi connectivity index (χ2n) is 7.40. The summed E-state index contributed by atoms with van der Waals surface area (Å²) in [6, 6.07) is 6.18. The smallest absolute Gasteiger partial charge is 0.0776 e. The Hall–Kier alpha value is -1.08. The van der Waals surface area contributed by atoms with Crippen molar-refractivity contribution in [3.63, 3.8) is 0 Å². The van der Waals surface area contributed by atoms with Gasteiger partial charge in [0, 0.05) is 0 Å². The largest absolute Gasteiger partial charge is 0.112 e. The number of hydrogen-bond acceptors (Lipinski definition) is 0. The van der Waals surface area contributed by atoms with E-state index in [-0.39, 0.29) is 0 Å². The summed E-state index contributed by atoms with van der Waals surface area (Å²) >= 11 is 0. The summed E-state index contributed by atoms with van der Waals surface area (Å²) in [5, 5.41) is 3.50. The van der Waals surface area contributed by atoms with Crippen LogP contribution in [0.4, 0.5) is 0 Å². The predicted molar refractivity (Wildman–Crippen MR) is 103 cm³/mol. The normalized spacial score (nSPS) is 17.7. The molecule has 1 atom stereocenters. The van der Waals surface area contributed by atoms with Crippen molar-refractivity contribution in [2.45, 2.75) is 73.4 Å². The molecule has 1 aromatic carbocycles. The van der Waals surface area contributed by atoms with Crippen LogP contribution in [0.3, 0.4) is 0 Å². The molecule has 22 heavy (non-hydrogen) atoms. The minimum atomic E-state index is -1.60. The fraction of sp³-hybridized carbons (Fsp3) is 0.524. The van der Waals surface area contributed by atoms with Gasteiger partial charge in [0.2, 0.25) is 0 Å². The molecular formula is C21H32Si. The van der Waals surface area contributed by atoms with E-state index in [1.165, 1.54) is 47.6 Å². The van der Waals surface area contributed by atoms with Gasteiger partial charge in [-0.15, -0.1) is 0 Å². The highest BCUT2D eigenvalue weighted by Crippen LogP contribution is 2.36. The predicted octanol–water partition coefficient (Wildman–Crippen LogP) is 5.90. The number of unbranched alkanes of at least 4 members (excludes halogenated alkanes) is 1. The second kappa shape index (κ2) is 6.58. The summed E-state index contributed by atoms with van der Waals surface area (Å²) in [5.41, 5.74) is 7.54. The van der Waals surface area contributed by atoms with Crippen molar-refractivity contribution in [3.8, 4) is 0 Å². The van der Waals surface area contributed by atoms with Crippen LogP contribution in [0.2, 0.25) is 12.6 Å². The third-order valence-electron chi connectivity index (χ3n) is 5.58. The average Bonchev–Trinajstić information content (AvgIpc) is 2.76. The second-order valence-corrected chi connectivity index (χ2v) is 11.7. The van der Waals surface area contributed by atoms with Crippen LogP contribution in [-0.2, 0) is 0 Å². The number of hydrogen-bond donors (Lipinski definition) is 0. The van der Waals surface area contributed by atoms with E-state index in [1.807, 2.05) is 0 Å². The van der Waals surface area contributed by atoms with Crippen molar-refractivity contribution in [1.82, 2.24) is 0 Å². The Morgan fingerprint density at radius 1 is 1.00 bits per heavy atom. The Bertz CT molecular complexity index is 610. The van der Waals surface area contributed by atoms with E-state index in [9.17, 15) is 0 Å². The van der Waals surface area contributed by atoms with Gasteiger partial charge in [-0.2, -0.15) is 0 Å². The number of allylic oxidation sites excluding steroid dienone is 4. The number of benzene rings is 1. The molecule has 120 valence electrons. The van der Waals surface area contributed by atoms with Crippen LogP contribution >= 0.6 is 0 Å². The highest BCUT2D eigenvalue weighted by atomic mass is 28.3. The van der Waals surface area contributed by atoms with Crippen LogP contribution in [-0.4, -0.2) is 8.07 Å². The Morgan fingerprint density at radius 2 is 1.59 bits per heavy atom. The van der Waals surface area contributed by atoms with Gasteiger partial charge in [0.15, 0.2) is 0 Å². The van der Waals surface area contributed by atoms with Crippen molar-refractivity contribution in [1.29, 1.82) is 0 Å². The van der Waals surface area contributed by atoms with Crippen molar-refractivity contribution in [2.24, 2.45) is 0 Å². The van der Waals surface area contributed by atoms with Crippen molar-refractivity contribution in [2.75, 3.05) is 0 Å². The molecule has 1 aliphatic rings. The Labute approximate surface area is 138 Å². The zero-order valence-electron chi connectivity index (χ0n) is 15.6. The molecule has 0 N–H and O–H groups in total. The summed E-state index contributed by atoms with van der Waals surface area (Å²) in [6.07, 6.45) is 6.29.